The number of amides is 1. The van der Waals surface area contributed by atoms with Crippen molar-refractivity contribution >= 4 is 16.8 Å². The summed E-state index contributed by atoms with van der Waals surface area (Å²) in [5, 5.41) is 3.46. The second kappa shape index (κ2) is 7.01. The summed E-state index contributed by atoms with van der Waals surface area (Å²) in [5.74, 6) is 1.97. The lowest BCUT2D eigenvalue weighted by Crippen LogP contribution is -2.23. The number of nitrogens with one attached hydrogen (secondary N) is 2. The number of terminal acetylenes is 1. The van der Waals surface area contributed by atoms with Crippen LogP contribution in [-0.4, -0.2) is 17.4 Å². The topological polar surface area (TPSA) is 44.9 Å². The molecule has 3 rings (SSSR count). The minimum atomic E-state index is -0.292. The molecule has 0 spiro atoms. The molecule has 0 aliphatic heterocycles. The van der Waals surface area contributed by atoms with Crippen LogP contribution in [0.4, 0.5) is 4.39 Å². The van der Waals surface area contributed by atoms with E-state index in [-0.39, 0.29) is 18.3 Å². The Bertz CT molecular complexity index is 907. The van der Waals surface area contributed by atoms with Gasteiger partial charge in [0, 0.05) is 23.0 Å². The first kappa shape index (κ1) is 15.8. The van der Waals surface area contributed by atoms with E-state index in [1.54, 1.807) is 6.07 Å². The van der Waals surface area contributed by atoms with Gasteiger partial charge < -0.3 is 10.3 Å². The number of aromatic amines is 1. The van der Waals surface area contributed by atoms with Crippen LogP contribution in [0.25, 0.3) is 22.2 Å². The van der Waals surface area contributed by atoms with Crippen molar-refractivity contribution in [2.75, 3.05) is 6.54 Å². The van der Waals surface area contributed by atoms with Gasteiger partial charge >= 0.3 is 0 Å². The van der Waals surface area contributed by atoms with Crippen LogP contribution >= 0.6 is 0 Å². The van der Waals surface area contributed by atoms with Gasteiger partial charge in [0.15, 0.2) is 0 Å². The highest BCUT2D eigenvalue weighted by molar-refractivity contribution is 5.91. The van der Waals surface area contributed by atoms with Gasteiger partial charge in [-0.1, -0.05) is 36.3 Å². The standard InChI is InChI=1S/C20H17FN2O/c1-2-12-22-19(24)11-9-16-17-13-15(21)8-10-18(17)23-20(16)14-6-4-3-5-7-14/h1,3-8,10,13,23H,9,11-12H2,(H,22,24). The maximum Gasteiger partial charge on any atom is 0.221 e. The minimum absolute atomic E-state index is 0.113. The minimum Gasteiger partial charge on any atom is -0.354 e. The van der Waals surface area contributed by atoms with E-state index in [9.17, 15) is 9.18 Å². The molecule has 120 valence electrons. The summed E-state index contributed by atoms with van der Waals surface area (Å²) in [6.45, 7) is 0.215. The molecule has 1 amide bonds. The van der Waals surface area contributed by atoms with Crippen molar-refractivity contribution < 1.29 is 9.18 Å². The third-order valence-corrected chi connectivity index (χ3v) is 3.92. The lowest BCUT2D eigenvalue weighted by atomic mass is 10.0. The Kier molecular flexibility index (Phi) is 4.62. The first-order valence-electron chi connectivity index (χ1n) is 7.74. The SMILES string of the molecule is C#CCNC(=O)CCc1c(-c2ccccc2)[nH]c2ccc(F)cc12. The van der Waals surface area contributed by atoms with Crippen LogP contribution < -0.4 is 5.32 Å². The van der Waals surface area contributed by atoms with Crippen LogP contribution in [0.5, 0.6) is 0 Å². The molecule has 1 aromatic heterocycles. The number of halogens is 1. The van der Waals surface area contributed by atoms with Crippen molar-refractivity contribution in [3.63, 3.8) is 0 Å². The predicted molar refractivity (Wildman–Crippen MR) is 93.9 cm³/mol. The third-order valence-electron chi connectivity index (χ3n) is 3.92. The van der Waals surface area contributed by atoms with Crippen LogP contribution in [0.1, 0.15) is 12.0 Å². The monoisotopic (exact) mass is 320 g/mol. The normalized spacial score (nSPS) is 10.5. The number of H-pyrrole nitrogens is 1. The average molecular weight is 320 g/mol. The van der Waals surface area contributed by atoms with E-state index in [1.165, 1.54) is 12.1 Å². The third kappa shape index (κ3) is 3.31. The van der Waals surface area contributed by atoms with Crippen molar-refractivity contribution in [2.45, 2.75) is 12.8 Å². The van der Waals surface area contributed by atoms with Gasteiger partial charge in [-0.3, -0.25) is 4.79 Å². The number of aromatic nitrogens is 1. The van der Waals surface area contributed by atoms with E-state index in [2.05, 4.69) is 16.2 Å². The van der Waals surface area contributed by atoms with Gasteiger partial charge in [0.1, 0.15) is 5.82 Å². The van der Waals surface area contributed by atoms with Gasteiger partial charge in [-0.05, 0) is 35.7 Å². The van der Waals surface area contributed by atoms with E-state index >= 15 is 0 Å². The summed E-state index contributed by atoms with van der Waals surface area (Å²) in [7, 11) is 0. The number of rotatable bonds is 5. The number of carbonyl (C=O) groups excluding carboxylic acids is 1. The van der Waals surface area contributed by atoms with Crippen molar-refractivity contribution in [3.05, 3.63) is 59.9 Å². The summed E-state index contributed by atoms with van der Waals surface area (Å²) in [6.07, 6.45) is 5.95. The molecule has 0 unspecified atom stereocenters. The number of hydrogen-bond acceptors (Lipinski definition) is 1. The molecule has 0 saturated heterocycles. The van der Waals surface area contributed by atoms with Gasteiger partial charge in [-0.25, -0.2) is 4.39 Å². The summed E-state index contributed by atoms with van der Waals surface area (Å²) >= 11 is 0. The Morgan fingerprint density at radius 3 is 2.75 bits per heavy atom. The highest BCUT2D eigenvalue weighted by atomic mass is 19.1. The largest absolute Gasteiger partial charge is 0.354 e. The molecule has 0 radical (unpaired) electrons. The first-order valence-corrected chi connectivity index (χ1v) is 7.74. The molecule has 2 aromatic carbocycles. The van der Waals surface area contributed by atoms with E-state index in [1.807, 2.05) is 30.3 Å². The van der Waals surface area contributed by atoms with Crippen molar-refractivity contribution in [2.24, 2.45) is 0 Å². The number of carbonyl (C=O) groups is 1. The summed E-state index contributed by atoms with van der Waals surface area (Å²) in [6, 6.07) is 14.5. The quantitative estimate of drug-likeness (QED) is 0.692. The second-order valence-corrected chi connectivity index (χ2v) is 5.52. The van der Waals surface area contributed by atoms with Crippen LogP contribution in [0.2, 0.25) is 0 Å². The molecule has 0 aliphatic carbocycles. The lowest BCUT2D eigenvalue weighted by molar-refractivity contribution is -0.120. The van der Waals surface area contributed by atoms with Gasteiger partial charge in [0.2, 0.25) is 5.91 Å². The highest BCUT2D eigenvalue weighted by Crippen LogP contribution is 2.31. The zero-order chi connectivity index (χ0) is 16.9. The van der Waals surface area contributed by atoms with Crippen LogP contribution in [0.15, 0.2) is 48.5 Å². The Morgan fingerprint density at radius 1 is 1.21 bits per heavy atom. The molecule has 24 heavy (non-hydrogen) atoms. The predicted octanol–water partition coefficient (Wildman–Crippen LogP) is 3.66. The van der Waals surface area contributed by atoms with E-state index in [0.29, 0.717) is 12.8 Å². The number of hydrogen-bond donors (Lipinski definition) is 2. The number of benzene rings is 2. The molecule has 0 fully saturated rings. The van der Waals surface area contributed by atoms with Crippen LogP contribution in [-0.2, 0) is 11.2 Å². The van der Waals surface area contributed by atoms with Crippen molar-refractivity contribution in [3.8, 4) is 23.6 Å². The summed E-state index contributed by atoms with van der Waals surface area (Å²) in [5.41, 5.74) is 3.72. The van der Waals surface area contributed by atoms with Crippen LogP contribution in [0.3, 0.4) is 0 Å². The van der Waals surface area contributed by atoms with Gasteiger partial charge in [0.25, 0.3) is 0 Å². The molecule has 0 saturated carbocycles. The molecule has 3 aromatic rings. The molecule has 0 atom stereocenters. The maximum atomic E-state index is 13.7. The highest BCUT2D eigenvalue weighted by Gasteiger charge is 2.15. The molecular weight excluding hydrogens is 303 g/mol. The number of aryl methyl sites for hydroxylation is 1. The molecular formula is C20H17FN2O. The van der Waals surface area contributed by atoms with Gasteiger partial charge in [-0.15, -0.1) is 6.42 Å². The fraction of sp³-hybridized carbons (Fsp3) is 0.150. The Labute approximate surface area is 139 Å². The van der Waals surface area contributed by atoms with Crippen molar-refractivity contribution in [1.82, 2.24) is 10.3 Å². The molecule has 1 heterocycles. The fourth-order valence-electron chi connectivity index (χ4n) is 2.81. The molecule has 2 N–H and O–H groups in total. The Hall–Kier alpha value is -3.06. The average Bonchev–Trinajstić information content (AvgIpc) is 2.96. The molecule has 0 aliphatic rings. The van der Waals surface area contributed by atoms with E-state index in [0.717, 1.165) is 27.7 Å². The molecule has 0 bridgehead atoms. The Balaban J connectivity index is 1.98. The summed E-state index contributed by atoms with van der Waals surface area (Å²) in [4.78, 5) is 15.2. The summed E-state index contributed by atoms with van der Waals surface area (Å²) < 4.78 is 13.7. The zero-order valence-corrected chi connectivity index (χ0v) is 13.1. The second-order valence-electron chi connectivity index (χ2n) is 5.52. The maximum absolute atomic E-state index is 13.7. The zero-order valence-electron chi connectivity index (χ0n) is 13.1. The molecule has 3 nitrogen and oxygen atoms in total. The van der Waals surface area contributed by atoms with Gasteiger partial charge in [0.05, 0.1) is 6.54 Å². The smallest absolute Gasteiger partial charge is 0.221 e. The Morgan fingerprint density at radius 2 is 2.00 bits per heavy atom. The number of fused-ring (bicyclic) bond motifs is 1. The van der Waals surface area contributed by atoms with E-state index in [4.69, 9.17) is 6.42 Å². The molecule has 4 heteroatoms. The van der Waals surface area contributed by atoms with Crippen molar-refractivity contribution in [1.29, 1.82) is 0 Å². The van der Waals surface area contributed by atoms with Crippen LogP contribution in [0, 0.1) is 18.2 Å². The first-order chi connectivity index (χ1) is 11.7. The van der Waals surface area contributed by atoms with E-state index < -0.39 is 0 Å². The van der Waals surface area contributed by atoms with Gasteiger partial charge in [-0.2, -0.15) is 0 Å². The lowest BCUT2D eigenvalue weighted by Gasteiger charge is -2.06. The fourth-order valence-corrected chi connectivity index (χ4v) is 2.81.